The molecule has 2 aromatic carbocycles. The second-order valence-electron chi connectivity index (χ2n) is 8.24. The number of amides is 2. The Labute approximate surface area is 165 Å². The first-order chi connectivity index (χ1) is 13.7. The number of nitrogens with one attached hydrogen (secondary N) is 1. The van der Waals surface area contributed by atoms with Gasteiger partial charge in [-0.15, -0.1) is 0 Å². The second kappa shape index (κ2) is 6.74. The predicted molar refractivity (Wildman–Crippen MR) is 108 cm³/mol. The third-order valence-corrected chi connectivity index (χ3v) is 6.49. The van der Waals surface area contributed by atoms with E-state index in [0.29, 0.717) is 25.1 Å². The maximum atomic E-state index is 13.0. The number of likely N-dealkylation sites (tertiary alicyclic amines) is 2. The van der Waals surface area contributed by atoms with Crippen LogP contribution in [-0.4, -0.2) is 47.8 Å². The van der Waals surface area contributed by atoms with E-state index in [1.54, 1.807) is 0 Å². The van der Waals surface area contributed by atoms with E-state index in [4.69, 9.17) is 0 Å². The van der Waals surface area contributed by atoms with Crippen LogP contribution in [0.5, 0.6) is 0 Å². The molecule has 0 radical (unpaired) electrons. The molecule has 3 heterocycles. The number of hydrogen-bond donors (Lipinski definition) is 1. The minimum atomic E-state index is -0.595. The zero-order chi connectivity index (χ0) is 19.1. The van der Waals surface area contributed by atoms with Crippen LogP contribution >= 0.6 is 0 Å². The number of fused-ring (bicyclic) bond motifs is 2. The Morgan fingerprint density at radius 2 is 1.75 bits per heavy atom. The maximum absolute atomic E-state index is 13.0. The van der Waals surface area contributed by atoms with Gasteiger partial charge < -0.3 is 10.2 Å². The van der Waals surface area contributed by atoms with Crippen LogP contribution in [0, 0.1) is 0 Å². The van der Waals surface area contributed by atoms with Crippen LogP contribution in [-0.2, 0) is 16.8 Å². The highest BCUT2D eigenvalue weighted by Gasteiger charge is 2.51. The second-order valence-corrected chi connectivity index (χ2v) is 8.24. The number of hydrogen-bond acceptors (Lipinski definition) is 3. The maximum Gasteiger partial charge on any atom is 0.253 e. The van der Waals surface area contributed by atoms with Crippen molar-refractivity contribution < 1.29 is 9.59 Å². The quantitative estimate of drug-likeness (QED) is 0.897. The van der Waals surface area contributed by atoms with Crippen molar-refractivity contribution in [3.8, 4) is 0 Å². The SMILES string of the molecule is O=C(c1ccc(CN2CCCC2)cc1)N1CCC2(C1)C(=O)Nc1ccccc12. The molecule has 5 heteroatoms. The molecule has 3 aliphatic heterocycles. The summed E-state index contributed by atoms with van der Waals surface area (Å²) in [4.78, 5) is 30.0. The van der Waals surface area contributed by atoms with E-state index in [1.165, 1.54) is 31.5 Å². The van der Waals surface area contributed by atoms with Crippen molar-refractivity contribution in [1.82, 2.24) is 9.80 Å². The smallest absolute Gasteiger partial charge is 0.253 e. The van der Waals surface area contributed by atoms with Crippen LogP contribution in [0.1, 0.15) is 40.7 Å². The fourth-order valence-electron chi connectivity index (χ4n) is 4.90. The van der Waals surface area contributed by atoms with Gasteiger partial charge in [0.2, 0.25) is 5.91 Å². The van der Waals surface area contributed by atoms with Gasteiger partial charge >= 0.3 is 0 Å². The normalized spacial score (nSPS) is 24.0. The fraction of sp³-hybridized carbons (Fsp3) is 0.391. The Kier molecular flexibility index (Phi) is 4.20. The highest BCUT2D eigenvalue weighted by molar-refractivity contribution is 6.07. The molecule has 3 aliphatic rings. The topological polar surface area (TPSA) is 52.7 Å². The number of carbonyl (C=O) groups is 2. The first kappa shape index (κ1) is 17.4. The molecule has 2 fully saturated rings. The lowest BCUT2D eigenvalue weighted by molar-refractivity contribution is -0.120. The molecule has 0 saturated carbocycles. The highest BCUT2D eigenvalue weighted by atomic mass is 16.2. The van der Waals surface area contributed by atoms with Crippen LogP contribution in [0.2, 0.25) is 0 Å². The van der Waals surface area contributed by atoms with Crippen LogP contribution in [0.15, 0.2) is 48.5 Å². The fourth-order valence-corrected chi connectivity index (χ4v) is 4.90. The average molecular weight is 375 g/mol. The molecule has 0 aliphatic carbocycles. The minimum Gasteiger partial charge on any atom is -0.337 e. The lowest BCUT2D eigenvalue weighted by atomic mass is 9.81. The molecular weight excluding hydrogens is 350 g/mol. The van der Waals surface area contributed by atoms with Gasteiger partial charge in [-0.2, -0.15) is 0 Å². The number of carbonyl (C=O) groups excluding carboxylic acids is 2. The highest BCUT2D eigenvalue weighted by Crippen LogP contribution is 2.44. The Balaban J connectivity index is 1.31. The molecule has 1 atom stereocenters. The Morgan fingerprint density at radius 3 is 2.54 bits per heavy atom. The monoisotopic (exact) mass is 375 g/mol. The standard InChI is InChI=1S/C23H25N3O2/c27-21(18-9-7-17(8-10-18)15-25-12-3-4-13-25)26-14-11-23(16-26)19-5-1-2-6-20(19)24-22(23)28/h1-2,5-10H,3-4,11-16H2,(H,24,28). The van der Waals surface area contributed by atoms with Crippen LogP contribution in [0.25, 0.3) is 0 Å². The minimum absolute atomic E-state index is 0.0155. The molecule has 144 valence electrons. The van der Waals surface area contributed by atoms with E-state index < -0.39 is 5.41 Å². The summed E-state index contributed by atoms with van der Waals surface area (Å²) in [5.41, 5.74) is 3.26. The summed E-state index contributed by atoms with van der Waals surface area (Å²) in [6, 6.07) is 15.8. The molecular formula is C23H25N3O2. The van der Waals surface area contributed by atoms with Crippen molar-refractivity contribution in [1.29, 1.82) is 0 Å². The number of anilines is 1. The summed E-state index contributed by atoms with van der Waals surface area (Å²) in [5.74, 6) is 0.0340. The van der Waals surface area contributed by atoms with E-state index in [1.807, 2.05) is 41.3 Å². The Bertz CT molecular complexity index is 918. The van der Waals surface area contributed by atoms with Gasteiger partial charge in [-0.3, -0.25) is 14.5 Å². The molecule has 0 aromatic heterocycles. The van der Waals surface area contributed by atoms with Crippen molar-refractivity contribution in [3.05, 3.63) is 65.2 Å². The molecule has 28 heavy (non-hydrogen) atoms. The van der Waals surface area contributed by atoms with Crippen LogP contribution in [0.4, 0.5) is 5.69 Å². The summed E-state index contributed by atoms with van der Waals surface area (Å²) in [7, 11) is 0. The summed E-state index contributed by atoms with van der Waals surface area (Å²) < 4.78 is 0. The summed E-state index contributed by atoms with van der Waals surface area (Å²) in [5, 5.41) is 2.99. The van der Waals surface area contributed by atoms with Gasteiger partial charge in [-0.1, -0.05) is 30.3 Å². The van der Waals surface area contributed by atoms with Gasteiger partial charge in [0.15, 0.2) is 0 Å². The van der Waals surface area contributed by atoms with Crippen molar-refractivity contribution in [2.75, 3.05) is 31.5 Å². The van der Waals surface area contributed by atoms with Crippen LogP contribution < -0.4 is 5.32 Å². The largest absolute Gasteiger partial charge is 0.337 e. The number of benzene rings is 2. The van der Waals surface area contributed by atoms with Gasteiger partial charge in [0.25, 0.3) is 5.91 Å². The first-order valence-electron chi connectivity index (χ1n) is 10.2. The van der Waals surface area contributed by atoms with Gasteiger partial charge in [0.05, 0.1) is 5.41 Å². The van der Waals surface area contributed by atoms with Crippen molar-refractivity contribution in [2.24, 2.45) is 0 Å². The summed E-state index contributed by atoms with van der Waals surface area (Å²) in [6.07, 6.45) is 3.24. The molecule has 2 aromatic rings. The zero-order valence-corrected chi connectivity index (χ0v) is 16.0. The summed E-state index contributed by atoms with van der Waals surface area (Å²) in [6.45, 7) is 4.35. The number of rotatable bonds is 3. The molecule has 0 bridgehead atoms. The van der Waals surface area contributed by atoms with Gasteiger partial charge in [-0.05, 0) is 61.7 Å². The van der Waals surface area contributed by atoms with E-state index in [9.17, 15) is 9.59 Å². The molecule has 5 nitrogen and oxygen atoms in total. The Morgan fingerprint density at radius 1 is 1.00 bits per heavy atom. The van der Waals surface area contributed by atoms with Gasteiger partial charge in [0.1, 0.15) is 0 Å². The van der Waals surface area contributed by atoms with Gasteiger partial charge in [0, 0.05) is 30.9 Å². The van der Waals surface area contributed by atoms with Crippen molar-refractivity contribution in [2.45, 2.75) is 31.2 Å². The number of para-hydroxylation sites is 1. The molecule has 1 N–H and O–H groups in total. The predicted octanol–water partition coefficient (Wildman–Crippen LogP) is 3.02. The van der Waals surface area contributed by atoms with E-state index in [0.717, 1.165) is 17.8 Å². The average Bonchev–Trinajstić information content (AvgIpc) is 3.44. The summed E-state index contributed by atoms with van der Waals surface area (Å²) >= 11 is 0. The van der Waals surface area contributed by atoms with E-state index in [2.05, 4.69) is 22.3 Å². The lowest BCUT2D eigenvalue weighted by Crippen LogP contribution is -2.39. The number of nitrogens with zero attached hydrogens (tertiary/aromatic N) is 2. The van der Waals surface area contributed by atoms with E-state index in [-0.39, 0.29) is 11.8 Å². The molecule has 2 saturated heterocycles. The molecule has 1 spiro atoms. The molecule has 2 amide bonds. The van der Waals surface area contributed by atoms with Crippen molar-refractivity contribution >= 4 is 17.5 Å². The Hall–Kier alpha value is -2.66. The molecule has 5 rings (SSSR count). The third-order valence-electron chi connectivity index (χ3n) is 6.49. The third kappa shape index (κ3) is 2.81. The zero-order valence-electron chi connectivity index (χ0n) is 16.0. The van der Waals surface area contributed by atoms with Crippen molar-refractivity contribution in [3.63, 3.8) is 0 Å². The van der Waals surface area contributed by atoms with E-state index >= 15 is 0 Å². The molecule has 1 unspecified atom stereocenters. The van der Waals surface area contributed by atoms with Crippen LogP contribution in [0.3, 0.4) is 0 Å². The first-order valence-corrected chi connectivity index (χ1v) is 10.2. The van der Waals surface area contributed by atoms with Gasteiger partial charge in [-0.25, -0.2) is 0 Å². The lowest BCUT2D eigenvalue weighted by Gasteiger charge is -2.22.